The molecule has 1 aliphatic carbocycles. The van der Waals surface area contributed by atoms with E-state index in [-0.39, 0.29) is 17.3 Å². The van der Waals surface area contributed by atoms with Crippen LogP contribution in [0.4, 0.5) is 0 Å². The predicted octanol–water partition coefficient (Wildman–Crippen LogP) is 2.44. The van der Waals surface area contributed by atoms with Crippen molar-refractivity contribution >= 4 is 17.7 Å². The van der Waals surface area contributed by atoms with Crippen LogP contribution in [0.2, 0.25) is 0 Å². The van der Waals surface area contributed by atoms with Crippen LogP contribution in [0, 0.1) is 0 Å². The van der Waals surface area contributed by atoms with Crippen molar-refractivity contribution in [2.24, 2.45) is 0 Å². The van der Waals surface area contributed by atoms with Crippen molar-refractivity contribution in [2.45, 2.75) is 38.5 Å². The van der Waals surface area contributed by atoms with Gasteiger partial charge in [-0.15, -0.1) is 0 Å². The van der Waals surface area contributed by atoms with Gasteiger partial charge in [-0.25, -0.2) is 4.79 Å². The summed E-state index contributed by atoms with van der Waals surface area (Å²) in [4.78, 5) is 40.6. The molecule has 0 radical (unpaired) electrons. The lowest BCUT2D eigenvalue weighted by Gasteiger charge is -2.43. The summed E-state index contributed by atoms with van der Waals surface area (Å²) < 4.78 is 10.7. The number of fused-ring (bicyclic) bond motifs is 2. The van der Waals surface area contributed by atoms with E-state index in [1.165, 1.54) is 7.11 Å². The Kier molecular flexibility index (Phi) is 5.61. The van der Waals surface area contributed by atoms with Crippen molar-refractivity contribution in [3.05, 3.63) is 52.4 Å². The number of esters is 1. The first-order chi connectivity index (χ1) is 14.6. The first-order valence-corrected chi connectivity index (χ1v) is 10.4. The minimum atomic E-state index is -0.629. The molecule has 0 bridgehead atoms. The average molecular weight is 410 g/mol. The van der Waals surface area contributed by atoms with Gasteiger partial charge in [-0.05, 0) is 37.0 Å². The van der Waals surface area contributed by atoms with E-state index in [9.17, 15) is 14.4 Å². The molecule has 0 aromatic heterocycles. The highest BCUT2D eigenvalue weighted by molar-refractivity contribution is 6.09. The zero-order valence-corrected chi connectivity index (χ0v) is 17.3. The van der Waals surface area contributed by atoms with Gasteiger partial charge in [0.1, 0.15) is 11.4 Å². The molecular formula is C23H26N2O5. The van der Waals surface area contributed by atoms with Crippen LogP contribution in [0.15, 0.2) is 46.8 Å². The van der Waals surface area contributed by atoms with Gasteiger partial charge in [0.2, 0.25) is 0 Å². The third kappa shape index (κ3) is 3.38. The van der Waals surface area contributed by atoms with E-state index in [4.69, 9.17) is 9.47 Å². The zero-order valence-electron chi connectivity index (χ0n) is 17.3. The van der Waals surface area contributed by atoms with Crippen LogP contribution in [0.1, 0.15) is 44.1 Å². The van der Waals surface area contributed by atoms with E-state index in [1.54, 1.807) is 0 Å². The number of methoxy groups -OCH3 is 1. The molecule has 30 heavy (non-hydrogen) atoms. The Labute approximate surface area is 175 Å². The molecule has 0 spiro atoms. The molecule has 1 saturated heterocycles. The number of carbonyl (C=O) groups excluding carboxylic acids is 3. The maximum atomic E-state index is 13.0. The summed E-state index contributed by atoms with van der Waals surface area (Å²) in [5, 5.41) is 2.83. The van der Waals surface area contributed by atoms with Gasteiger partial charge in [0.05, 0.1) is 19.3 Å². The Morgan fingerprint density at radius 2 is 1.97 bits per heavy atom. The molecule has 1 atom stereocenters. The van der Waals surface area contributed by atoms with Crippen LogP contribution in [-0.2, 0) is 19.1 Å². The molecule has 1 unspecified atom stereocenters. The van der Waals surface area contributed by atoms with Crippen molar-refractivity contribution in [1.29, 1.82) is 0 Å². The Balaban J connectivity index is 1.88. The van der Waals surface area contributed by atoms with Gasteiger partial charge in [0.25, 0.3) is 5.91 Å². The lowest BCUT2D eigenvalue weighted by molar-refractivity contribution is -0.137. The molecule has 7 heteroatoms. The molecule has 0 saturated carbocycles. The second-order valence-electron chi connectivity index (χ2n) is 7.65. The maximum Gasteiger partial charge on any atom is 0.337 e. The third-order valence-corrected chi connectivity index (χ3v) is 5.78. The van der Waals surface area contributed by atoms with Crippen LogP contribution in [0.25, 0.3) is 0 Å². The standard InChI is InChI=1S/C23H26N2O5/c1-3-13-30-15-9-7-14(8-10-15)18-19-16(5-4-6-17(19)26)25-12-11-24-22(27)21(25)20(18)23(28)29-2/h7-10,18H,3-6,11-13H2,1-2H3,(H,24,27). The first kappa shape index (κ1) is 20.2. The molecule has 2 aliphatic heterocycles. The Morgan fingerprint density at radius 1 is 1.20 bits per heavy atom. The molecule has 1 aromatic carbocycles. The fraction of sp³-hybridized carbons (Fsp3) is 0.435. The van der Waals surface area contributed by atoms with Crippen LogP contribution in [-0.4, -0.2) is 49.4 Å². The quantitative estimate of drug-likeness (QED) is 0.751. The third-order valence-electron chi connectivity index (χ3n) is 5.78. The fourth-order valence-electron chi connectivity index (χ4n) is 4.51. The number of hydrogen-bond donors (Lipinski definition) is 1. The van der Waals surface area contributed by atoms with E-state index in [0.717, 1.165) is 29.9 Å². The minimum Gasteiger partial charge on any atom is -0.494 e. The largest absolute Gasteiger partial charge is 0.494 e. The normalized spacial score (nSPS) is 21.1. The molecular weight excluding hydrogens is 384 g/mol. The van der Waals surface area contributed by atoms with E-state index in [0.29, 0.717) is 43.8 Å². The summed E-state index contributed by atoms with van der Waals surface area (Å²) in [5.74, 6) is -0.771. The van der Waals surface area contributed by atoms with Crippen molar-refractivity contribution < 1.29 is 23.9 Å². The van der Waals surface area contributed by atoms with Crippen molar-refractivity contribution in [2.75, 3.05) is 26.8 Å². The number of piperazine rings is 1. The van der Waals surface area contributed by atoms with Crippen LogP contribution >= 0.6 is 0 Å². The highest BCUT2D eigenvalue weighted by atomic mass is 16.5. The summed E-state index contributed by atoms with van der Waals surface area (Å²) in [5.41, 5.74) is 2.78. The SMILES string of the molecule is CCCOc1ccc(C2C3=C(CCCC3=O)N3CCNC(=O)C3=C2C(=O)OC)cc1. The lowest BCUT2D eigenvalue weighted by atomic mass is 9.74. The zero-order chi connectivity index (χ0) is 21.3. The molecule has 1 aromatic rings. The molecule has 3 aliphatic rings. The molecule has 1 fully saturated rings. The second kappa shape index (κ2) is 8.34. The number of ketones is 1. The number of allylic oxidation sites excluding steroid dienone is 2. The number of nitrogens with one attached hydrogen (secondary N) is 1. The van der Waals surface area contributed by atoms with E-state index < -0.39 is 11.9 Å². The van der Waals surface area contributed by atoms with Gasteiger partial charge < -0.3 is 19.7 Å². The summed E-state index contributed by atoms with van der Waals surface area (Å²) in [6, 6.07) is 7.40. The van der Waals surface area contributed by atoms with Gasteiger partial charge in [-0.1, -0.05) is 19.1 Å². The number of Topliss-reactive ketones (excluding diaryl/α,β-unsaturated/α-hetero) is 1. The van der Waals surface area contributed by atoms with Crippen LogP contribution in [0.3, 0.4) is 0 Å². The number of amides is 1. The molecule has 1 N–H and O–H groups in total. The average Bonchev–Trinajstić information content (AvgIpc) is 2.77. The van der Waals surface area contributed by atoms with Crippen molar-refractivity contribution in [3.8, 4) is 5.75 Å². The Hall–Kier alpha value is -3.09. The predicted molar refractivity (Wildman–Crippen MR) is 110 cm³/mol. The molecule has 7 nitrogen and oxygen atoms in total. The van der Waals surface area contributed by atoms with E-state index in [1.807, 2.05) is 36.1 Å². The van der Waals surface area contributed by atoms with Gasteiger partial charge in [0, 0.05) is 36.7 Å². The second-order valence-corrected chi connectivity index (χ2v) is 7.65. The smallest absolute Gasteiger partial charge is 0.337 e. The monoisotopic (exact) mass is 410 g/mol. The first-order valence-electron chi connectivity index (χ1n) is 10.4. The summed E-state index contributed by atoms with van der Waals surface area (Å²) in [7, 11) is 1.30. The van der Waals surface area contributed by atoms with E-state index in [2.05, 4.69) is 5.32 Å². The molecule has 2 heterocycles. The number of carbonyl (C=O) groups is 3. The molecule has 158 valence electrons. The van der Waals surface area contributed by atoms with Crippen molar-refractivity contribution in [1.82, 2.24) is 10.2 Å². The molecule has 4 rings (SSSR count). The molecule has 1 amide bonds. The number of hydrogen-bond acceptors (Lipinski definition) is 6. The number of ether oxygens (including phenoxy) is 2. The summed E-state index contributed by atoms with van der Waals surface area (Å²) in [6.07, 6.45) is 2.79. The topological polar surface area (TPSA) is 84.9 Å². The van der Waals surface area contributed by atoms with Gasteiger partial charge in [-0.3, -0.25) is 9.59 Å². The summed E-state index contributed by atoms with van der Waals surface area (Å²) >= 11 is 0. The number of benzene rings is 1. The Morgan fingerprint density at radius 3 is 2.67 bits per heavy atom. The minimum absolute atomic E-state index is 0.0268. The number of nitrogens with zero attached hydrogens (tertiary/aromatic N) is 1. The highest BCUT2D eigenvalue weighted by Gasteiger charge is 2.45. The van der Waals surface area contributed by atoms with E-state index >= 15 is 0 Å². The fourth-order valence-corrected chi connectivity index (χ4v) is 4.51. The van der Waals surface area contributed by atoms with Crippen LogP contribution < -0.4 is 10.1 Å². The Bertz CT molecular complexity index is 945. The maximum absolute atomic E-state index is 13.0. The van der Waals surface area contributed by atoms with Crippen molar-refractivity contribution in [3.63, 3.8) is 0 Å². The highest BCUT2D eigenvalue weighted by Crippen LogP contribution is 2.46. The van der Waals surface area contributed by atoms with Gasteiger partial charge in [-0.2, -0.15) is 0 Å². The van der Waals surface area contributed by atoms with Crippen LogP contribution in [0.5, 0.6) is 5.75 Å². The summed E-state index contributed by atoms with van der Waals surface area (Å²) in [6.45, 7) is 3.65. The number of rotatable bonds is 5. The van der Waals surface area contributed by atoms with Gasteiger partial charge in [0.15, 0.2) is 5.78 Å². The lowest BCUT2D eigenvalue weighted by Crippen LogP contribution is -2.50. The van der Waals surface area contributed by atoms with Gasteiger partial charge >= 0.3 is 5.97 Å².